The van der Waals surface area contributed by atoms with E-state index < -0.39 is 0 Å². The van der Waals surface area contributed by atoms with Gasteiger partial charge >= 0.3 is 0 Å². The molecule has 1 heterocycles. The molecule has 1 unspecified atom stereocenters. The number of nitriles is 1. The first-order chi connectivity index (χ1) is 11.1. The number of pyridine rings is 1. The maximum atomic E-state index is 10.0. The summed E-state index contributed by atoms with van der Waals surface area (Å²) in [5.41, 5.74) is 15.3. The minimum atomic E-state index is 0. The van der Waals surface area contributed by atoms with Crippen molar-refractivity contribution in [1.29, 1.82) is 5.26 Å². The number of phenols is 1. The molecule has 0 aliphatic heterocycles. The molecule has 5 N–H and O–H groups in total. The van der Waals surface area contributed by atoms with Crippen LogP contribution in [0.2, 0.25) is 0 Å². The Kier molecular flexibility index (Phi) is 5.45. The van der Waals surface area contributed by atoms with Gasteiger partial charge in [0.1, 0.15) is 23.2 Å². The Bertz CT molecular complexity index is 826. The number of anilines is 1. The lowest BCUT2D eigenvalue weighted by Gasteiger charge is -2.21. The molecule has 1 aliphatic rings. The lowest BCUT2D eigenvalue weighted by Crippen LogP contribution is -2.22. The van der Waals surface area contributed by atoms with Crippen LogP contribution in [0.5, 0.6) is 5.75 Å². The third-order valence-corrected chi connectivity index (χ3v) is 4.10. The van der Waals surface area contributed by atoms with Crippen molar-refractivity contribution < 1.29 is 5.11 Å². The van der Waals surface area contributed by atoms with Crippen LogP contribution in [-0.2, 0) is 0 Å². The smallest absolute Gasteiger partial charge is 0.142 e. The number of nitrogens with two attached hydrogens (primary N) is 2. The second-order valence-electron chi connectivity index (χ2n) is 5.72. The van der Waals surface area contributed by atoms with Gasteiger partial charge in [-0.1, -0.05) is 18.2 Å². The number of aromatic hydroxyl groups is 1. The highest BCUT2D eigenvalue weighted by Gasteiger charge is 2.19. The first-order valence-electron chi connectivity index (χ1n) is 7.54. The summed E-state index contributed by atoms with van der Waals surface area (Å²) >= 11 is 0. The maximum Gasteiger partial charge on any atom is 0.142 e. The lowest BCUT2D eigenvalue weighted by atomic mass is 9.88. The third-order valence-electron chi connectivity index (χ3n) is 4.10. The number of nitrogens with zero attached hydrogens (tertiary/aromatic N) is 2. The van der Waals surface area contributed by atoms with Crippen molar-refractivity contribution in [3.05, 3.63) is 47.5 Å². The van der Waals surface area contributed by atoms with Crippen molar-refractivity contribution in [2.45, 2.75) is 25.3 Å². The molecule has 0 radical (unpaired) electrons. The van der Waals surface area contributed by atoms with E-state index in [9.17, 15) is 10.4 Å². The number of benzene rings is 1. The van der Waals surface area contributed by atoms with Crippen LogP contribution in [0.15, 0.2) is 36.4 Å². The molecule has 0 saturated heterocycles. The van der Waals surface area contributed by atoms with Crippen LogP contribution in [0.4, 0.5) is 5.82 Å². The fourth-order valence-electron chi connectivity index (χ4n) is 2.92. The monoisotopic (exact) mass is 342 g/mol. The quantitative estimate of drug-likeness (QED) is 0.776. The Balaban J connectivity index is 0.00000208. The zero-order chi connectivity index (χ0) is 16.4. The van der Waals surface area contributed by atoms with Crippen LogP contribution in [0.25, 0.3) is 16.8 Å². The molecule has 0 fully saturated rings. The molecule has 0 spiro atoms. The van der Waals surface area contributed by atoms with E-state index in [1.54, 1.807) is 18.2 Å². The summed E-state index contributed by atoms with van der Waals surface area (Å²) in [5, 5.41) is 19.5. The Labute approximate surface area is 147 Å². The number of nitrogen functional groups attached to an aromatic ring is 1. The number of allylic oxidation sites excluding steroid dienone is 1. The van der Waals surface area contributed by atoms with E-state index in [0.717, 1.165) is 24.0 Å². The minimum Gasteiger partial charge on any atom is -0.507 e. The predicted molar refractivity (Wildman–Crippen MR) is 97.5 cm³/mol. The third kappa shape index (κ3) is 3.35. The zero-order valence-electron chi connectivity index (χ0n) is 13.1. The first-order valence-corrected chi connectivity index (χ1v) is 7.54. The second-order valence-corrected chi connectivity index (χ2v) is 5.72. The molecule has 1 aromatic carbocycles. The summed E-state index contributed by atoms with van der Waals surface area (Å²) in [5.74, 6) is 0.299. The normalized spacial score (nSPS) is 16.7. The van der Waals surface area contributed by atoms with Crippen molar-refractivity contribution in [2.24, 2.45) is 5.73 Å². The van der Waals surface area contributed by atoms with Gasteiger partial charge in [0, 0.05) is 17.2 Å². The molecule has 2 aromatic rings. The number of hydrogen-bond donors (Lipinski definition) is 3. The summed E-state index contributed by atoms with van der Waals surface area (Å²) in [7, 11) is 0. The van der Waals surface area contributed by atoms with Gasteiger partial charge < -0.3 is 16.6 Å². The van der Waals surface area contributed by atoms with Gasteiger partial charge in [-0.05, 0) is 43.0 Å². The van der Waals surface area contributed by atoms with Gasteiger partial charge in [0.2, 0.25) is 0 Å². The average Bonchev–Trinajstić information content (AvgIpc) is 2.54. The van der Waals surface area contributed by atoms with E-state index in [1.165, 1.54) is 0 Å². The van der Waals surface area contributed by atoms with Crippen molar-refractivity contribution in [3.8, 4) is 23.1 Å². The van der Waals surface area contributed by atoms with E-state index in [-0.39, 0.29) is 30.0 Å². The van der Waals surface area contributed by atoms with Crippen molar-refractivity contribution >= 4 is 23.8 Å². The maximum absolute atomic E-state index is 10.0. The molecule has 24 heavy (non-hydrogen) atoms. The molecule has 0 saturated carbocycles. The van der Waals surface area contributed by atoms with Gasteiger partial charge in [0.25, 0.3) is 0 Å². The Morgan fingerprint density at radius 3 is 2.67 bits per heavy atom. The largest absolute Gasteiger partial charge is 0.507 e. The van der Waals surface area contributed by atoms with Crippen LogP contribution in [0.3, 0.4) is 0 Å². The molecule has 124 valence electrons. The first kappa shape index (κ1) is 17.8. The molecule has 5 nitrogen and oxygen atoms in total. The summed E-state index contributed by atoms with van der Waals surface area (Å²) in [6.45, 7) is 0. The van der Waals surface area contributed by atoms with Crippen LogP contribution >= 0.6 is 12.4 Å². The van der Waals surface area contributed by atoms with Gasteiger partial charge in [-0.25, -0.2) is 4.98 Å². The van der Waals surface area contributed by atoms with E-state index in [2.05, 4.69) is 17.1 Å². The van der Waals surface area contributed by atoms with E-state index in [4.69, 9.17) is 11.5 Å². The summed E-state index contributed by atoms with van der Waals surface area (Å²) in [4.78, 5) is 4.29. The number of halogens is 1. The number of phenolic OH excluding ortho intramolecular Hbond substituents is 1. The minimum absolute atomic E-state index is 0. The number of rotatable bonds is 2. The van der Waals surface area contributed by atoms with Crippen LogP contribution in [0, 0.1) is 11.3 Å². The van der Waals surface area contributed by atoms with Crippen molar-refractivity contribution in [3.63, 3.8) is 0 Å². The van der Waals surface area contributed by atoms with E-state index in [0.29, 0.717) is 23.2 Å². The molecule has 0 amide bonds. The van der Waals surface area contributed by atoms with E-state index in [1.807, 2.05) is 12.1 Å². The number of hydrogen-bond acceptors (Lipinski definition) is 5. The fraction of sp³-hybridized carbons (Fsp3) is 0.222. The van der Waals surface area contributed by atoms with Gasteiger partial charge in [-0.15, -0.1) is 12.4 Å². The highest BCUT2D eigenvalue weighted by Crippen LogP contribution is 2.35. The summed E-state index contributed by atoms with van der Waals surface area (Å²) in [6.07, 6.45) is 4.64. The van der Waals surface area contributed by atoms with Crippen LogP contribution < -0.4 is 11.5 Å². The standard InChI is InChI=1S/C18H18N4O.ClH/c19-10-15-14(11-4-3-5-12(20)8-11)9-16(22-18(15)21)13-6-1-2-7-17(13)23;/h1-2,4,6-7,9,12,23H,3,5,8,20H2,(H2,21,22);1H. The molecular formula is C18H19ClN4O. The zero-order valence-corrected chi connectivity index (χ0v) is 13.9. The van der Waals surface area contributed by atoms with Crippen LogP contribution in [-0.4, -0.2) is 16.1 Å². The van der Waals surface area contributed by atoms with E-state index >= 15 is 0 Å². The molecule has 6 heteroatoms. The Morgan fingerprint density at radius 1 is 1.25 bits per heavy atom. The molecule has 0 bridgehead atoms. The van der Waals surface area contributed by atoms with Crippen LogP contribution in [0.1, 0.15) is 30.4 Å². The summed E-state index contributed by atoms with van der Waals surface area (Å²) < 4.78 is 0. The SMILES string of the molecule is Cl.N#Cc1c(C2=CCCC(N)C2)cc(-c2ccccc2O)nc1N. The molecule has 3 rings (SSSR count). The van der Waals surface area contributed by atoms with Crippen molar-refractivity contribution in [2.75, 3.05) is 5.73 Å². The fourth-order valence-corrected chi connectivity index (χ4v) is 2.92. The molecule has 1 aromatic heterocycles. The summed E-state index contributed by atoms with van der Waals surface area (Å²) in [6, 6.07) is 11.0. The lowest BCUT2D eigenvalue weighted by molar-refractivity contribution is 0.477. The number of aromatic nitrogens is 1. The van der Waals surface area contributed by atoms with Gasteiger partial charge in [0.05, 0.1) is 5.69 Å². The predicted octanol–water partition coefficient (Wildman–Crippen LogP) is 3.22. The van der Waals surface area contributed by atoms with Gasteiger partial charge in [-0.3, -0.25) is 0 Å². The Hall–Kier alpha value is -2.55. The topological polar surface area (TPSA) is 109 Å². The highest BCUT2D eigenvalue weighted by molar-refractivity contribution is 5.85. The van der Waals surface area contributed by atoms with Crippen molar-refractivity contribution in [1.82, 2.24) is 4.98 Å². The second kappa shape index (κ2) is 7.35. The van der Waals surface area contributed by atoms with Gasteiger partial charge in [-0.2, -0.15) is 5.26 Å². The molecular weight excluding hydrogens is 324 g/mol. The van der Waals surface area contributed by atoms with Gasteiger partial charge in [0.15, 0.2) is 0 Å². The molecule has 1 aliphatic carbocycles. The Morgan fingerprint density at radius 2 is 2.00 bits per heavy atom. The number of para-hydroxylation sites is 1. The molecule has 1 atom stereocenters. The highest BCUT2D eigenvalue weighted by atomic mass is 35.5. The average molecular weight is 343 g/mol.